The van der Waals surface area contributed by atoms with Gasteiger partial charge in [-0.05, 0) is 35.9 Å². The number of nitrogens with one attached hydrogen (secondary N) is 1. The molecule has 28 heavy (non-hydrogen) atoms. The number of aromatic nitrogens is 3. The lowest BCUT2D eigenvalue weighted by Crippen LogP contribution is -2.22. The summed E-state index contributed by atoms with van der Waals surface area (Å²) < 4.78 is 13.8. The third kappa shape index (κ3) is 4.38. The molecule has 0 spiro atoms. The molecule has 0 radical (unpaired) electrons. The third-order valence-corrected chi connectivity index (χ3v) is 7.39. The predicted octanol–water partition coefficient (Wildman–Crippen LogP) is 3.62. The fourth-order valence-corrected chi connectivity index (χ4v) is 4.77. The monoisotopic (exact) mass is 400 g/mol. The van der Waals surface area contributed by atoms with Gasteiger partial charge in [0.25, 0.3) is 0 Å². The van der Waals surface area contributed by atoms with Gasteiger partial charge in [0.2, 0.25) is 0 Å². The van der Waals surface area contributed by atoms with Crippen molar-refractivity contribution in [1.82, 2.24) is 19.9 Å². The summed E-state index contributed by atoms with van der Waals surface area (Å²) in [6.45, 7) is 12.0. The minimum Gasteiger partial charge on any atom is -0.381 e. The molecule has 6 nitrogen and oxygen atoms in total. The van der Waals surface area contributed by atoms with Crippen molar-refractivity contribution >= 4 is 24.7 Å². The summed E-state index contributed by atoms with van der Waals surface area (Å²) in [5.74, 6) is 0.499. The normalized spacial score (nSPS) is 18.8. The Morgan fingerprint density at radius 2 is 2.07 bits per heavy atom. The molecular formula is C21H32N4O2Si. The van der Waals surface area contributed by atoms with Crippen molar-refractivity contribution in [1.29, 1.82) is 0 Å². The van der Waals surface area contributed by atoms with E-state index in [-0.39, 0.29) is 0 Å². The number of ether oxygens (including phenoxy) is 2. The van der Waals surface area contributed by atoms with Gasteiger partial charge in [-0.3, -0.25) is 0 Å². The Bertz CT molecular complexity index is 850. The highest BCUT2D eigenvalue weighted by molar-refractivity contribution is 6.76. The van der Waals surface area contributed by atoms with Crippen molar-refractivity contribution in [3.8, 4) is 0 Å². The summed E-state index contributed by atoms with van der Waals surface area (Å²) >= 11 is 0. The number of hydrogen-bond donors (Lipinski definition) is 1. The van der Waals surface area contributed by atoms with Crippen molar-refractivity contribution in [3.63, 3.8) is 0 Å². The van der Waals surface area contributed by atoms with E-state index >= 15 is 0 Å². The van der Waals surface area contributed by atoms with E-state index in [1.54, 1.807) is 6.33 Å². The van der Waals surface area contributed by atoms with Crippen LogP contribution in [0.3, 0.4) is 0 Å². The fraction of sp³-hybridized carbons (Fsp3) is 0.619. The molecule has 2 aromatic heterocycles. The lowest BCUT2D eigenvalue weighted by Gasteiger charge is -2.22. The summed E-state index contributed by atoms with van der Waals surface area (Å²) in [7, 11) is -1.09. The van der Waals surface area contributed by atoms with Gasteiger partial charge in [0.15, 0.2) is 0 Å². The zero-order valence-electron chi connectivity index (χ0n) is 17.3. The second kappa shape index (κ2) is 8.45. The van der Waals surface area contributed by atoms with E-state index in [4.69, 9.17) is 9.47 Å². The molecular weight excluding hydrogens is 368 g/mol. The van der Waals surface area contributed by atoms with E-state index < -0.39 is 8.07 Å². The van der Waals surface area contributed by atoms with Crippen molar-refractivity contribution in [2.75, 3.05) is 32.9 Å². The Balaban J connectivity index is 1.67. The van der Waals surface area contributed by atoms with Gasteiger partial charge in [0.05, 0.1) is 5.69 Å². The topological polar surface area (TPSA) is 61.2 Å². The molecule has 0 unspecified atom stereocenters. The maximum atomic E-state index is 6.06. The molecule has 152 valence electrons. The van der Waals surface area contributed by atoms with Crippen molar-refractivity contribution in [3.05, 3.63) is 29.9 Å². The van der Waals surface area contributed by atoms with Gasteiger partial charge in [0.1, 0.15) is 18.7 Å². The van der Waals surface area contributed by atoms with Gasteiger partial charge >= 0.3 is 0 Å². The molecule has 2 aliphatic heterocycles. The fourth-order valence-electron chi connectivity index (χ4n) is 4.01. The molecule has 0 atom stereocenters. The lowest BCUT2D eigenvalue weighted by atomic mass is 9.90. The number of hydrogen-bond acceptors (Lipinski definition) is 5. The zero-order chi connectivity index (χ0) is 19.6. The second-order valence-electron chi connectivity index (χ2n) is 9.07. The summed E-state index contributed by atoms with van der Waals surface area (Å²) in [6.07, 6.45) is 8.32. The average molecular weight is 401 g/mol. The number of fused-ring (bicyclic) bond motifs is 1. The van der Waals surface area contributed by atoms with Crippen LogP contribution < -0.4 is 5.32 Å². The first kappa shape index (κ1) is 19.8. The highest BCUT2D eigenvalue weighted by Gasteiger charge is 2.25. The first-order chi connectivity index (χ1) is 13.5. The van der Waals surface area contributed by atoms with Crippen LogP contribution in [-0.2, 0) is 16.2 Å². The van der Waals surface area contributed by atoms with E-state index in [1.165, 1.54) is 22.6 Å². The molecule has 1 saturated heterocycles. The summed E-state index contributed by atoms with van der Waals surface area (Å²) in [6, 6.07) is 1.18. The van der Waals surface area contributed by atoms with Crippen LogP contribution in [0.4, 0.5) is 0 Å². The number of nitrogens with zero attached hydrogens (tertiary/aromatic N) is 3. The third-order valence-electron chi connectivity index (χ3n) is 5.68. The molecule has 1 N–H and O–H groups in total. The van der Waals surface area contributed by atoms with E-state index in [2.05, 4.69) is 51.8 Å². The maximum absolute atomic E-state index is 6.06. The quantitative estimate of drug-likeness (QED) is 0.568. The molecule has 0 aliphatic carbocycles. The summed E-state index contributed by atoms with van der Waals surface area (Å²) in [5.41, 5.74) is 4.71. The van der Waals surface area contributed by atoms with E-state index in [0.717, 1.165) is 57.1 Å². The van der Waals surface area contributed by atoms with E-state index in [0.29, 0.717) is 12.6 Å². The lowest BCUT2D eigenvalue weighted by molar-refractivity contribution is 0.0840. The SMILES string of the molecule is C[Si](C)(C)CCOCn1cc(C2CCOCC2)c2c(C3=CCNC3)ncnc21. The minimum atomic E-state index is -1.09. The van der Waals surface area contributed by atoms with Crippen LogP contribution in [0.1, 0.15) is 30.0 Å². The van der Waals surface area contributed by atoms with Gasteiger partial charge in [0, 0.05) is 52.6 Å². The Morgan fingerprint density at radius 3 is 2.79 bits per heavy atom. The standard InChI is InChI=1S/C21H32N4O2Si/c1-28(2,3)11-10-27-15-25-13-18(16-5-8-26-9-6-16)19-20(17-4-7-22-12-17)23-14-24-21(19)25/h4,13-14,16,22H,5-12,15H2,1-3H3. The summed E-state index contributed by atoms with van der Waals surface area (Å²) in [5, 5.41) is 4.60. The molecule has 4 heterocycles. The van der Waals surface area contributed by atoms with Crippen molar-refractivity contribution in [2.24, 2.45) is 0 Å². The molecule has 0 bridgehead atoms. The highest BCUT2D eigenvalue weighted by atomic mass is 28.3. The Hall–Kier alpha value is -1.54. The Labute approximate surface area is 168 Å². The first-order valence-corrected chi connectivity index (χ1v) is 14.1. The predicted molar refractivity (Wildman–Crippen MR) is 115 cm³/mol. The maximum Gasteiger partial charge on any atom is 0.146 e. The first-order valence-electron chi connectivity index (χ1n) is 10.4. The van der Waals surface area contributed by atoms with Gasteiger partial charge in [-0.2, -0.15) is 0 Å². The molecule has 0 saturated carbocycles. The van der Waals surface area contributed by atoms with Crippen LogP contribution in [0.5, 0.6) is 0 Å². The van der Waals surface area contributed by atoms with Crippen molar-refractivity contribution < 1.29 is 9.47 Å². The van der Waals surface area contributed by atoms with Crippen LogP contribution in [0, 0.1) is 0 Å². The van der Waals surface area contributed by atoms with Crippen LogP contribution >= 0.6 is 0 Å². The van der Waals surface area contributed by atoms with Crippen molar-refractivity contribution in [2.45, 2.75) is 51.2 Å². The molecule has 2 aromatic rings. The summed E-state index contributed by atoms with van der Waals surface area (Å²) in [4.78, 5) is 9.35. The Morgan fingerprint density at radius 1 is 1.25 bits per heavy atom. The van der Waals surface area contributed by atoms with E-state index in [9.17, 15) is 0 Å². The van der Waals surface area contributed by atoms with Crippen LogP contribution in [-0.4, -0.2) is 55.5 Å². The molecule has 7 heteroatoms. The van der Waals surface area contributed by atoms with Gasteiger partial charge in [-0.15, -0.1) is 0 Å². The molecule has 4 rings (SSSR count). The molecule has 1 fully saturated rings. The van der Waals surface area contributed by atoms with Gasteiger partial charge < -0.3 is 19.4 Å². The van der Waals surface area contributed by atoms with Crippen LogP contribution in [0.15, 0.2) is 18.6 Å². The second-order valence-corrected chi connectivity index (χ2v) is 14.7. The molecule has 2 aliphatic rings. The molecule has 0 amide bonds. The van der Waals surface area contributed by atoms with Crippen LogP contribution in [0.25, 0.3) is 16.6 Å². The minimum absolute atomic E-state index is 0.499. The average Bonchev–Trinajstić information content (AvgIpc) is 3.33. The smallest absolute Gasteiger partial charge is 0.146 e. The van der Waals surface area contributed by atoms with Crippen LogP contribution in [0.2, 0.25) is 25.7 Å². The Kier molecular flexibility index (Phi) is 5.96. The zero-order valence-corrected chi connectivity index (χ0v) is 18.3. The largest absolute Gasteiger partial charge is 0.381 e. The number of rotatable bonds is 7. The van der Waals surface area contributed by atoms with Gasteiger partial charge in [-0.1, -0.05) is 25.7 Å². The van der Waals surface area contributed by atoms with E-state index in [1.807, 2.05) is 0 Å². The molecule has 0 aromatic carbocycles. The highest BCUT2D eigenvalue weighted by Crippen LogP contribution is 2.36. The van der Waals surface area contributed by atoms with Gasteiger partial charge in [-0.25, -0.2) is 9.97 Å².